The van der Waals surface area contributed by atoms with Crippen molar-refractivity contribution in [1.82, 2.24) is 10.3 Å². The third-order valence-corrected chi connectivity index (χ3v) is 4.05. The van der Waals surface area contributed by atoms with Gasteiger partial charge in [-0.25, -0.2) is 9.37 Å². The largest absolute Gasteiger partial charge is 0.494 e. The topological polar surface area (TPSA) is 54.4 Å². The number of hydrogen-bond donors (Lipinski definition) is 2. The SMILES string of the molecule is CCCOc1cccc(-c2ccc(F)c(CN[C@@H](CO)C(C)C)n2)c1. The Kier molecular flexibility index (Phi) is 7.34. The van der Waals surface area contributed by atoms with E-state index < -0.39 is 0 Å². The summed E-state index contributed by atoms with van der Waals surface area (Å²) in [6.45, 7) is 7.02. The highest BCUT2D eigenvalue weighted by molar-refractivity contribution is 5.61. The minimum absolute atomic E-state index is 0.00971. The molecule has 4 nitrogen and oxygen atoms in total. The van der Waals surface area contributed by atoms with Crippen LogP contribution in [-0.4, -0.2) is 29.3 Å². The first kappa shape index (κ1) is 19.3. The van der Waals surface area contributed by atoms with Crippen LogP contribution in [0.3, 0.4) is 0 Å². The van der Waals surface area contributed by atoms with E-state index in [4.69, 9.17) is 4.74 Å². The first-order valence-electron chi connectivity index (χ1n) is 8.78. The molecule has 0 saturated carbocycles. The molecule has 0 unspecified atom stereocenters. The molecule has 25 heavy (non-hydrogen) atoms. The zero-order valence-corrected chi connectivity index (χ0v) is 15.1. The fourth-order valence-electron chi connectivity index (χ4n) is 2.47. The molecule has 0 aliphatic rings. The fraction of sp³-hybridized carbons (Fsp3) is 0.450. The Morgan fingerprint density at radius 2 is 2.04 bits per heavy atom. The third-order valence-electron chi connectivity index (χ3n) is 4.05. The fourth-order valence-corrected chi connectivity index (χ4v) is 2.47. The Morgan fingerprint density at radius 3 is 2.72 bits per heavy atom. The van der Waals surface area contributed by atoms with E-state index in [0.29, 0.717) is 18.0 Å². The lowest BCUT2D eigenvalue weighted by molar-refractivity contribution is 0.209. The van der Waals surface area contributed by atoms with Crippen molar-refractivity contribution in [2.75, 3.05) is 13.2 Å². The maximum atomic E-state index is 14.1. The van der Waals surface area contributed by atoms with E-state index in [2.05, 4.69) is 17.2 Å². The third kappa shape index (κ3) is 5.51. The number of rotatable bonds is 9. The first-order chi connectivity index (χ1) is 12.0. The van der Waals surface area contributed by atoms with Gasteiger partial charge in [0.1, 0.15) is 11.6 Å². The Morgan fingerprint density at radius 1 is 1.24 bits per heavy atom. The molecule has 1 aromatic carbocycles. The van der Waals surface area contributed by atoms with Gasteiger partial charge in [-0.05, 0) is 36.6 Å². The second kappa shape index (κ2) is 9.49. The summed E-state index contributed by atoms with van der Waals surface area (Å²) in [7, 11) is 0. The molecule has 5 heteroatoms. The standard InChI is InChI=1S/C20H27FN2O2/c1-4-10-25-16-7-5-6-15(11-16)18-9-8-17(21)19(23-18)12-22-20(13-24)14(2)3/h5-9,11,14,20,22,24H,4,10,12-13H2,1-3H3/t20-/m0/s1. The Hall–Kier alpha value is -1.98. The van der Waals surface area contributed by atoms with Crippen LogP contribution in [0.15, 0.2) is 36.4 Å². The number of pyridine rings is 1. The van der Waals surface area contributed by atoms with Gasteiger partial charge in [0.15, 0.2) is 0 Å². The van der Waals surface area contributed by atoms with Crippen molar-refractivity contribution in [2.24, 2.45) is 5.92 Å². The Labute approximate surface area is 149 Å². The average Bonchev–Trinajstić information content (AvgIpc) is 2.62. The van der Waals surface area contributed by atoms with E-state index in [-0.39, 0.29) is 30.9 Å². The molecule has 0 fully saturated rings. The summed E-state index contributed by atoms with van der Waals surface area (Å²) in [5.74, 6) is 0.684. The minimum Gasteiger partial charge on any atom is -0.494 e. The van der Waals surface area contributed by atoms with Crippen LogP contribution in [0.1, 0.15) is 32.9 Å². The number of nitrogens with one attached hydrogen (secondary N) is 1. The molecule has 136 valence electrons. The normalized spacial score (nSPS) is 12.4. The second-order valence-electron chi connectivity index (χ2n) is 6.42. The predicted octanol–water partition coefficient (Wildman–Crippen LogP) is 3.78. The molecule has 0 radical (unpaired) electrons. The van der Waals surface area contributed by atoms with Crippen molar-refractivity contribution in [3.05, 3.63) is 47.9 Å². The number of hydrogen-bond acceptors (Lipinski definition) is 4. The summed E-state index contributed by atoms with van der Waals surface area (Å²) in [5.41, 5.74) is 1.93. The molecule has 2 aromatic rings. The highest BCUT2D eigenvalue weighted by Gasteiger charge is 2.14. The van der Waals surface area contributed by atoms with Gasteiger partial charge >= 0.3 is 0 Å². The van der Waals surface area contributed by atoms with Crippen molar-refractivity contribution >= 4 is 0 Å². The lowest BCUT2D eigenvalue weighted by atomic mass is 10.1. The van der Waals surface area contributed by atoms with Crippen molar-refractivity contribution in [2.45, 2.75) is 39.8 Å². The van der Waals surface area contributed by atoms with Crippen LogP contribution in [0, 0.1) is 11.7 Å². The quantitative estimate of drug-likeness (QED) is 0.725. The second-order valence-corrected chi connectivity index (χ2v) is 6.42. The van der Waals surface area contributed by atoms with Crippen LogP contribution in [0.25, 0.3) is 11.3 Å². The van der Waals surface area contributed by atoms with Crippen LogP contribution >= 0.6 is 0 Å². The molecule has 0 aliphatic heterocycles. The van der Waals surface area contributed by atoms with Crippen LogP contribution in [0.2, 0.25) is 0 Å². The molecular formula is C20H27FN2O2. The van der Waals surface area contributed by atoms with Gasteiger partial charge in [-0.2, -0.15) is 0 Å². The highest BCUT2D eigenvalue weighted by Crippen LogP contribution is 2.23. The summed E-state index contributed by atoms with van der Waals surface area (Å²) < 4.78 is 19.7. The maximum Gasteiger partial charge on any atom is 0.146 e. The number of halogens is 1. The lowest BCUT2D eigenvalue weighted by Gasteiger charge is -2.20. The lowest BCUT2D eigenvalue weighted by Crippen LogP contribution is -2.36. The van der Waals surface area contributed by atoms with Crippen LogP contribution in [0.4, 0.5) is 4.39 Å². The van der Waals surface area contributed by atoms with Crippen LogP contribution in [-0.2, 0) is 6.54 Å². The number of aromatic nitrogens is 1. The zero-order chi connectivity index (χ0) is 18.2. The Balaban J connectivity index is 2.18. The number of aliphatic hydroxyl groups is 1. The van der Waals surface area contributed by atoms with E-state index in [9.17, 15) is 9.50 Å². The van der Waals surface area contributed by atoms with Gasteiger partial charge < -0.3 is 15.2 Å². The molecule has 2 N–H and O–H groups in total. The monoisotopic (exact) mass is 346 g/mol. The number of benzene rings is 1. The molecule has 1 atom stereocenters. The summed E-state index contributed by atoms with van der Waals surface area (Å²) in [5, 5.41) is 12.6. The predicted molar refractivity (Wildman–Crippen MR) is 98.0 cm³/mol. The Bertz CT molecular complexity index is 676. The molecule has 2 rings (SSSR count). The van der Waals surface area contributed by atoms with E-state index in [1.807, 2.05) is 38.1 Å². The van der Waals surface area contributed by atoms with E-state index in [1.54, 1.807) is 6.07 Å². The van der Waals surface area contributed by atoms with Gasteiger partial charge in [0.25, 0.3) is 0 Å². The van der Waals surface area contributed by atoms with E-state index in [0.717, 1.165) is 17.7 Å². The van der Waals surface area contributed by atoms with Gasteiger partial charge in [-0.1, -0.05) is 32.9 Å². The smallest absolute Gasteiger partial charge is 0.146 e. The van der Waals surface area contributed by atoms with Gasteiger partial charge in [-0.3, -0.25) is 0 Å². The summed E-state index contributed by atoms with van der Waals surface area (Å²) in [6, 6.07) is 10.7. The highest BCUT2D eigenvalue weighted by atomic mass is 19.1. The molecule has 0 aliphatic carbocycles. The maximum absolute atomic E-state index is 14.1. The van der Waals surface area contributed by atoms with Gasteiger partial charge in [0, 0.05) is 18.2 Å². The molecular weight excluding hydrogens is 319 g/mol. The van der Waals surface area contributed by atoms with Crippen LogP contribution < -0.4 is 10.1 Å². The number of ether oxygens (including phenoxy) is 1. The first-order valence-corrected chi connectivity index (χ1v) is 8.78. The molecule has 1 heterocycles. The molecule has 1 aromatic heterocycles. The molecule has 0 saturated heterocycles. The number of nitrogens with zero attached hydrogens (tertiary/aromatic N) is 1. The summed E-state index contributed by atoms with van der Waals surface area (Å²) in [4.78, 5) is 4.45. The minimum atomic E-state index is -0.352. The molecule has 0 spiro atoms. The van der Waals surface area contributed by atoms with Crippen molar-refractivity contribution in [1.29, 1.82) is 0 Å². The zero-order valence-electron chi connectivity index (χ0n) is 15.1. The van der Waals surface area contributed by atoms with Gasteiger partial charge in [0.05, 0.1) is 24.6 Å². The van der Waals surface area contributed by atoms with Gasteiger partial charge in [0.2, 0.25) is 0 Å². The average molecular weight is 346 g/mol. The van der Waals surface area contributed by atoms with Crippen LogP contribution in [0.5, 0.6) is 5.75 Å². The van der Waals surface area contributed by atoms with E-state index >= 15 is 0 Å². The molecule has 0 bridgehead atoms. The van der Waals surface area contributed by atoms with Crippen molar-refractivity contribution < 1.29 is 14.2 Å². The summed E-state index contributed by atoms with van der Waals surface area (Å²) >= 11 is 0. The number of aliphatic hydroxyl groups excluding tert-OH is 1. The van der Waals surface area contributed by atoms with Crippen molar-refractivity contribution in [3.63, 3.8) is 0 Å². The van der Waals surface area contributed by atoms with Gasteiger partial charge in [-0.15, -0.1) is 0 Å². The molecule has 0 amide bonds. The van der Waals surface area contributed by atoms with Crippen molar-refractivity contribution in [3.8, 4) is 17.0 Å². The van der Waals surface area contributed by atoms with E-state index in [1.165, 1.54) is 6.07 Å². The summed E-state index contributed by atoms with van der Waals surface area (Å²) in [6.07, 6.45) is 0.941.